The van der Waals surface area contributed by atoms with Crippen LogP contribution in [0.4, 0.5) is 0 Å². The summed E-state index contributed by atoms with van der Waals surface area (Å²) in [5.74, 6) is 0.876. The normalized spacial score (nSPS) is 9.43. The van der Waals surface area contributed by atoms with Gasteiger partial charge in [0.05, 0.1) is 13.4 Å². The van der Waals surface area contributed by atoms with Crippen LogP contribution in [0.3, 0.4) is 0 Å². The first-order valence-electron chi connectivity index (χ1n) is 4.28. The lowest BCUT2D eigenvalue weighted by atomic mass is 10.2. The molecule has 0 unspecified atom stereocenters. The molecule has 0 spiro atoms. The number of fused-ring (bicyclic) bond motifs is 1. The van der Waals surface area contributed by atoms with Gasteiger partial charge in [-0.3, -0.25) is 0 Å². The molecule has 1 aromatic heterocycles. The Morgan fingerprint density at radius 2 is 2.00 bits per heavy atom. The first kappa shape index (κ1) is 10.6. The summed E-state index contributed by atoms with van der Waals surface area (Å²) in [6, 6.07) is 5.86. The van der Waals surface area contributed by atoms with E-state index in [1.165, 1.54) is 0 Å². The number of ether oxygens (including phenoxy) is 1. The molecule has 0 atom stereocenters. The number of furan rings is 1. The van der Waals surface area contributed by atoms with Crippen molar-refractivity contribution in [3.8, 4) is 5.75 Å². The maximum absolute atomic E-state index is 7.00. The SMILES string of the molecule is CO.COc1cc(C)c2occc2c1. The second-order valence-corrected chi connectivity index (χ2v) is 2.78. The van der Waals surface area contributed by atoms with Gasteiger partial charge in [0.15, 0.2) is 0 Å². The lowest BCUT2D eigenvalue weighted by Gasteiger charge is -2.00. The fourth-order valence-corrected chi connectivity index (χ4v) is 1.35. The Morgan fingerprint density at radius 3 is 2.64 bits per heavy atom. The molecule has 1 aromatic carbocycles. The quantitative estimate of drug-likeness (QED) is 0.757. The van der Waals surface area contributed by atoms with Gasteiger partial charge < -0.3 is 14.3 Å². The van der Waals surface area contributed by atoms with Gasteiger partial charge in [-0.2, -0.15) is 0 Å². The van der Waals surface area contributed by atoms with Gasteiger partial charge in [0.25, 0.3) is 0 Å². The Morgan fingerprint density at radius 1 is 1.29 bits per heavy atom. The minimum absolute atomic E-state index is 0.876. The number of aryl methyl sites for hydroxylation is 1. The first-order chi connectivity index (χ1) is 6.81. The van der Waals surface area contributed by atoms with E-state index in [-0.39, 0.29) is 0 Å². The van der Waals surface area contributed by atoms with Crippen LogP contribution in [-0.4, -0.2) is 19.3 Å². The van der Waals surface area contributed by atoms with E-state index in [4.69, 9.17) is 14.3 Å². The fourth-order valence-electron chi connectivity index (χ4n) is 1.35. The van der Waals surface area contributed by atoms with Gasteiger partial charge in [-0.05, 0) is 30.7 Å². The average molecular weight is 194 g/mol. The third-order valence-corrected chi connectivity index (χ3v) is 1.95. The van der Waals surface area contributed by atoms with Gasteiger partial charge in [-0.15, -0.1) is 0 Å². The molecule has 0 aliphatic rings. The zero-order chi connectivity index (χ0) is 10.6. The molecule has 0 saturated carbocycles. The van der Waals surface area contributed by atoms with E-state index < -0.39 is 0 Å². The molecule has 14 heavy (non-hydrogen) atoms. The van der Waals surface area contributed by atoms with Crippen LogP contribution in [0.15, 0.2) is 28.9 Å². The molecule has 0 aliphatic carbocycles. The average Bonchev–Trinajstić information content (AvgIpc) is 2.69. The number of hydrogen-bond donors (Lipinski definition) is 1. The van der Waals surface area contributed by atoms with Crippen molar-refractivity contribution in [1.29, 1.82) is 0 Å². The largest absolute Gasteiger partial charge is 0.497 e. The monoisotopic (exact) mass is 194 g/mol. The highest BCUT2D eigenvalue weighted by Gasteiger charge is 2.02. The van der Waals surface area contributed by atoms with Crippen molar-refractivity contribution in [2.24, 2.45) is 0 Å². The van der Waals surface area contributed by atoms with E-state index in [1.807, 2.05) is 25.1 Å². The van der Waals surface area contributed by atoms with Crippen molar-refractivity contribution >= 4 is 11.0 Å². The van der Waals surface area contributed by atoms with Crippen molar-refractivity contribution in [2.75, 3.05) is 14.2 Å². The Hall–Kier alpha value is -1.48. The summed E-state index contributed by atoms with van der Waals surface area (Å²) >= 11 is 0. The Bertz CT molecular complexity index is 404. The van der Waals surface area contributed by atoms with Crippen molar-refractivity contribution < 1.29 is 14.3 Å². The molecule has 1 heterocycles. The number of methoxy groups -OCH3 is 1. The number of hydrogen-bond acceptors (Lipinski definition) is 3. The van der Waals surface area contributed by atoms with Gasteiger partial charge in [0.2, 0.25) is 0 Å². The maximum atomic E-state index is 7.00. The smallest absolute Gasteiger partial charge is 0.137 e. The topological polar surface area (TPSA) is 42.6 Å². The highest BCUT2D eigenvalue weighted by atomic mass is 16.5. The standard InChI is InChI=1S/C10H10O2.CH4O/c1-7-5-9(11-2)6-8-3-4-12-10(7)8;1-2/h3-6H,1-2H3;2H,1H3. The minimum Gasteiger partial charge on any atom is -0.497 e. The molecule has 2 rings (SSSR count). The van der Waals surface area contributed by atoms with Crippen LogP contribution in [0.2, 0.25) is 0 Å². The highest BCUT2D eigenvalue weighted by Crippen LogP contribution is 2.25. The fraction of sp³-hybridized carbons (Fsp3) is 0.273. The number of aliphatic hydroxyl groups excluding tert-OH is 1. The first-order valence-corrected chi connectivity index (χ1v) is 4.28. The summed E-state index contributed by atoms with van der Waals surface area (Å²) in [7, 11) is 2.67. The molecule has 1 N–H and O–H groups in total. The molecule has 3 heteroatoms. The summed E-state index contributed by atoms with van der Waals surface area (Å²) in [4.78, 5) is 0. The third-order valence-electron chi connectivity index (χ3n) is 1.95. The highest BCUT2D eigenvalue weighted by molar-refractivity contribution is 5.81. The third kappa shape index (κ3) is 1.88. The number of aliphatic hydroxyl groups is 1. The zero-order valence-corrected chi connectivity index (χ0v) is 8.57. The lowest BCUT2D eigenvalue weighted by molar-refractivity contribution is 0.399. The second-order valence-electron chi connectivity index (χ2n) is 2.78. The Labute approximate surface area is 82.9 Å². The molecule has 3 nitrogen and oxygen atoms in total. The molecule has 0 bridgehead atoms. The van der Waals surface area contributed by atoms with Crippen molar-refractivity contribution in [2.45, 2.75) is 6.92 Å². The van der Waals surface area contributed by atoms with Gasteiger partial charge in [-0.1, -0.05) is 0 Å². The van der Waals surface area contributed by atoms with Crippen LogP contribution in [-0.2, 0) is 0 Å². The van der Waals surface area contributed by atoms with Gasteiger partial charge in [0.1, 0.15) is 11.3 Å². The molecular weight excluding hydrogens is 180 g/mol. The summed E-state index contributed by atoms with van der Waals surface area (Å²) < 4.78 is 10.4. The summed E-state index contributed by atoms with van der Waals surface area (Å²) in [5.41, 5.74) is 2.05. The molecule has 0 aliphatic heterocycles. The van der Waals surface area contributed by atoms with Crippen LogP contribution in [0.5, 0.6) is 5.75 Å². The van der Waals surface area contributed by atoms with Crippen LogP contribution < -0.4 is 4.74 Å². The molecule has 76 valence electrons. The molecule has 0 fully saturated rings. The van der Waals surface area contributed by atoms with Crippen molar-refractivity contribution in [3.63, 3.8) is 0 Å². The van der Waals surface area contributed by atoms with Crippen LogP contribution in [0.25, 0.3) is 11.0 Å². The van der Waals surface area contributed by atoms with E-state index in [9.17, 15) is 0 Å². The molecule has 2 aromatic rings. The number of rotatable bonds is 1. The Kier molecular flexibility index (Phi) is 3.54. The molecule has 0 saturated heterocycles. The van der Waals surface area contributed by atoms with E-state index in [0.717, 1.165) is 29.4 Å². The second kappa shape index (κ2) is 4.67. The van der Waals surface area contributed by atoms with Crippen LogP contribution in [0.1, 0.15) is 5.56 Å². The van der Waals surface area contributed by atoms with Crippen LogP contribution in [0, 0.1) is 6.92 Å². The van der Waals surface area contributed by atoms with Gasteiger partial charge >= 0.3 is 0 Å². The van der Waals surface area contributed by atoms with Gasteiger partial charge in [0, 0.05) is 12.5 Å². The zero-order valence-electron chi connectivity index (χ0n) is 8.57. The van der Waals surface area contributed by atoms with E-state index in [1.54, 1.807) is 13.4 Å². The Balaban J connectivity index is 0.000000461. The summed E-state index contributed by atoms with van der Waals surface area (Å²) in [6.07, 6.45) is 1.69. The molecule has 0 amide bonds. The minimum atomic E-state index is 0.876. The van der Waals surface area contributed by atoms with Crippen molar-refractivity contribution in [3.05, 3.63) is 30.0 Å². The van der Waals surface area contributed by atoms with E-state index >= 15 is 0 Å². The van der Waals surface area contributed by atoms with Crippen molar-refractivity contribution in [1.82, 2.24) is 0 Å². The molecule has 0 radical (unpaired) electrons. The molecular formula is C11H14O3. The summed E-state index contributed by atoms with van der Waals surface area (Å²) in [6.45, 7) is 2.01. The predicted octanol–water partition coefficient (Wildman–Crippen LogP) is 2.36. The predicted molar refractivity (Wildman–Crippen MR) is 55.6 cm³/mol. The lowest BCUT2D eigenvalue weighted by Crippen LogP contribution is -1.83. The summed E-state index contributed by atoms with van der Waals surface area (Å²) in [5, 5.41) is 8.09. The van der Waals surface area contributed by atoms with Crippen LogP contribution >= 0.6 is 0 Å². The number of benzene rings is 1. The van der Waals surface area contributed by atoms with E-state index in [0.29, 0.717) is 0 Å². The van der Waals surface area contributed by atoms with E-state index in [2.05, 4.69) is 0 Å². The maximum Gasteiger partial charge on any atom is 0.137 e. The van der Waals surface area contributed by atoms with Gasteiger partial charge in [-0.25, -0.2) is 0 Å².